The molecule has 2 heterocycles. The number of rotatable bonds is 3. The molecule has 0 N–H and O–H groups in total. The summed E-state index contributed by atoms with van der Waals surface area (Å²) in [5.41, 5.74) is 1.01. The van der Waals surface area contributed by atoms with Crippen molar-refractivity contribution in [2.24, 2.45) is 0 Å². The first kappa shape index (κ1) is 11.3. The number of fused-ring (bicyclic) bond motifs is 1. The monoisotopic (exact) mass is 307 g/mol. The highest BCUT2D eigenvalue weighted by molar-refractivity contribution is 9.10. The van der Waals surface area contributed by atoms with E-state index in [1.165, 1.54) is 0 Å². The van der Waals surface area contributed by atoms with Crippen LogP contribution in [0.25, 0.3) is 0 Å². The van der Waals surface area contributed by atoms with Crippen LogP contribution >= 0.6 is 15.9 Å². The third-order valence-corrected chi connectivity index (χ3v) is 3.14. The van der Waals surface area contributed by atoms with E-state index < -0.39 is 0 Å². The maximum absolute atomic E-state index is 5.63. The molecule has 5 heteroatoms. The van der Waals surface area contributed by atoms with Crippen molar-refractivity contribution in [1.29, 1.82) is 0 Å². The molecule has 0 fully saturated rings. The number of aromatic nitrogens is 1. The molecule has 1 aromatic carbocycles. The van der Waals surface area contributed by atoms with Gasteiger partial charge in [0.2, 0.25) is 12.7 Å². The third kappa shape index (κ3) is 2.26. The predicted octanol–water partition coefficient (Wildman–Crippen LogP) is 3.15. The van der Waals surface area contributed by atoms with Crippen LogP contribution in [-0.4, -0.2) is 11.8 Å². The lowest BCUT2D eigenvalue weighted by Crippen LogP contribution is -1.97. The van der Waals surface area contributed by atoms with E-state index in [4.69, 9.17) is 14.2 Å². The van der Waals surface area contributed by atoms with Gasteiger partial charge in [0.05, 0.1) is 4.47 Å². The van der Waals surface area contributed by atoms with Gasteiger partial charge in [-0.2, -0.15) is 0 Å². The Morgan fingerprint density at radius 1 is 1.22 bits per heavy atom. The zero-order valence-corrected chi connectivity index (χ0v) is 11.0. The van der Waals surface area contributed by atoms with Gasteiger partial charge in [-0.25, -0.2) is 4.98 Å². The first-order chi connectivity index (χ1) is 8.83. The molecule has 0 amide bonds. The maximum atomic E-state index is 5.63. The van der Waals surface area contributed by atoms with E-state index in [-0.39, 0.29) is 6.79 Å². The van der Waals surface area contributed by atoms with Gasteiger partial charge in [-0.1, -0.05) is 6.07 Å². The summed E-state index contributed by atoms with van der Waals surface area (Å²) in [6.07, 6.45) is 1.69. The number of hydrogen-bond acceptors (Lipinski definition) is 4. The van der Waals surface area contributed by atoms with E-state index in [2.05, 4.69) is 20.9 Å². The molecule has 0 atom stereocenters. The topological polar surface area (TPSA) is 40.6 Å². The quantitative estimate of drug-likeness (QED) is 0.873. The molecule has 1 aliphatic heterocycles. The van der Waals surface area contributed by atoms with Gasteiger partial charge in [0.15, 0.2) is 11.5 Å². The van der Waals surface area contributed by atoms with Crippen molar-refractivity contribution in [3.05, 3.63) is 46.6 Å². The SMILES string of the molecule is Brc1cccnc1OCc1ccc2c(c1)OCO2. The Hall–Kier alpha value is -1.75. The first-order valence-corrected chi connectivity index (χ1v) is 6.24. The van der Waals surface area contributed by atoms with Crippen LogP contribution in [0.3, 0.4) is 0 Å². The molecular formula is C13H10BrNO3. The van der Waals surface area contributed by atoms with Gasteiger partial charge in [-0.05, 0) is 45.8 Å². The van der Waals surface area contributed by atoms with Gasteiger partial charge in [-0.15, -0.1) is 0 Å². The summed E-state index contributed by atoms with van der Waals surface area (Å²) in [5.74, 6) is 2.11. The molecule has 0 bridgehead atoms. The first-order valence-electron chi connectivity index (χ1n) is 5.45. The smallest absolute Gasteiger partial charge is 0.231 e. The van der Waals surface area contributed by atoms with Crippen LogP contribution in [0.15, 0.2) is 41.0 Å². The molecule has 92 valence electrons. The van der Waals surface area contributed by atoms with Crippen molar-refractivity contribution in [2.75, 3.05) is 6.79 Å². The molecule has 3 rings (SSSR count). The van der Waals surface area contributed by atoms with Crippen molar-refractivity contribution in [1.82, 2.24) is 4.98 Å². The minimum Gasteiger partial charge on any atom is -0.472 e. The highest BCUT2D eigenvalue weighted by Crippen LogP contribution is 2.33. The van der Waals surface area contributed by atoms with Gasteiger partial charge < -0.3 is 14.2 Å². The second kappa shape index (κ2) is 4.86. The Labute approximate surface area is 113 Å². The van der Waals surface area contributed by atoms with E-state index in [0.717, 1.165) is 21.5 Å². The predicted molar refractivity (Wildman–Crippen MR) is 68.8 cm³/mol. The lowest BCUT2D eigenvalue weighted by Gasteiger charge is -2.07. The van der Waals surface area contributed by atoms with Crippen LogP contribution in [0, 0.1) is 0 Å². The van der Waals surface area contributed by atoms with E-state index in [1.807, 2.05) is 30.3 Å². The molecule has 0 aliphatic carbocycles. The fourth-order valence-corrected chi connectivity index (χ4v) is 2.03. The van der Waals surface area contributed by atoms with Crippen LogP contribution in [0.5, 0.6) is 17.4 Å². The highest BCUT2D eigenvalue weighted by atomic mass is 79.9. The normalized spacial score (nSPS) is 12.5. The van der Waals surface area contributed by atoms with Gasteiger partial charge in [0, 0.05) is 6.20 Å². The molecule has 2 aromatic rings. The molecule has 0 saturated heterocycles. The fraction of sp³-hybridized carbons (Fsp3) is 0.154. The van der Waals surface area contributed by atoms with E-state index in [1.54, 1.807) is 6.20 Å². The number of pyridine rings is 1. The number of halogens is 1. The summed E-state index contributed by atoms with van der Waals surface area (Å²) in [7, 11) is 0. The molecule has 1 aromatic heterocycles. The van der Waals surface area contributed by atoms with Gasteiger partial charge >= 0.3 is 0 Å². The lowest BCUT2D eigenvalue weighted by atomic mass is 10.2. The Kier molecular flexibility index (Phi) is 3.06. The number of benzene rings is 1. The molecule has 1 aliphatic rings. The summed E-state index contributed by atoms with van der Waals surface area (Å²) < 4.78 is 17.0. The molecule has 4 nitrogen and oxygen atoms in total. The Bertz CT molecular complexity index is 574. The van der Waals surface area contributed by atoms with Crippen LogP contribution in [-0.2, 0) is 6.61 Å². The average molecular weight is 308 g/mol. The lowest BCUT2D eigenvalue weighted by molar-refractivity contribution is 0.174. The van der Waals surface area contributed by atoms with Crippen molar-refractivity contribution < 1.29 is 14.2 Å². The number of ether oxygens (including phenoxy) is 3. The summed E-state index contributed by atoms with van der Waals surface area (Å²) in [5, 5.41) is 0. The van der Waals surface area contributed by atoms with E-state index in [9.17, 15) is 0 Å². The molecule has 0 unspecified atom stereocenters. The standard InChI is InChI=1S/C13H10BrNO3/c14-10-2-1-5-15-13(10)16-7-9-3-4-11-12(6-9)18-8-17-11/h1-6H,7-8H2. The fourth-order valence-electron chi connectivity index (χ4n) is 1.66. The highest BCUT2D eigenvalue weighted by Gasteiger charge is 2.13. The van der Waals surface area contributed by atoms with Crippen LogP contribution < -0.4 is 14.2 Å². The minimum absolute atomic E-state index is 0.283. The average Bonchev–Trinajstić information content (AvgIpc) is 2.85. The minimum atomic E-state index is 0.283. The van der Waals surface area contributed by atoms with Crippen molar-refractivity contribution in [3.8, 4) is 17.4 Å². The Morgan fingerprint density at radius 2 is 2.11 bits per heavy atom. The second-order valence-electron chi connectivity index (χ2n) is 3.77. The van der Waals surface area contributed by atoms with E-state index >= 15 is 0 Å². The van der Waals surface area contributed by atoms with Crippen LogP contribution in [0.2, 0.25) is 0 Å². The Balaban J connectivity index is 1.72. The zero-order valence-electron chi connectivity index (χ0n) is 9.43. The van der Waals surface area contributed by atoms with Crippen molar-refractivity contribution in [2.45, 2.75) is 6.61 Å². The van der Waals surface area contributed by atoms with Crippen molar-refractivity contribution >= 4 is 15.9 Å². The van der Waals surface area contributed by atoms with Gasteiger partial charge in [0.25, 0.3) is 0 Å². The van der Waals surface area contributed by atoms with E-state index in [0.29, 0.717) is 12.5 Å². The molecule has 0 saturated carbocycles. The summed E-state index contributed by atoms with van der Waals surface area (Å²) in [6.45, 7) is 0.720. The van der Waals surface area contributed by atoms with Crippen molar-refractivity contribution in [3.63, 3.8) is 0 Å². The zero-order chi connectivity index (χ0) is 12.4. The molecule has 0 radical (unpaired) electrons. The third-order valence-electron chi connectivity index (χ3n) is 2.54. The maximum Gasteiger partial charge on any atom is 0.231 e. The van der Waals surface area contributed by atoms with Gasteiger partial charge in [0.1, 0.15) is 6.61 Å². The molecule has 0 spiro atoms. The number of hydrogen-bond donors (Lipinski definition) is 0. The van der Waals surface area contributed by atoms with Gasteiger partial charge in [-0.3, -0.25) is 0 Å². The summed E-state index contributed by atoms with van der Waals surface area (Å²) in [6, 6.07) is 9.48. The molecular weight excluding hydrogens is 298 g/mol. The summed E-state index contributed by atoms with van der Waals surface area (Å²) in [4.78, 5) is 4.14. The Morgan fingerprint density at radius 3 is 3.00 bits per heavy atom. The molecule has 18 heavy (non-hydrogen) atoms. The van der Waals surface area contributed by atoms with Crippen LogP contribution in [0.4, 0.5) is 0 Å². The second-order valence-corrected chi connectivity index (χ2v) is 4.62. The summed E-state index contributed by atoms with van der Waals surface area (Å²) >= 11 is 3.39. The number of nitrogens with zero attached hydrogens (tertiary/aromatic N) is 1. The van der Waals surface area contributed by atoms with Crippen LogP contribution in [0.1, 0.15) is 5.56 Å². The largest absolute Gasteiger partial charge is 0.472 e.